The van der Waals surface area contributed by atoms with Crippen molar-refractivity contribution in [2.75, 3.05) is 6.54 Å². The second-order valence-electron chi connectivity index (χ2n) is 5.10. The minimum absolute atomic E-state index is 0.00719. The van der Waals surface area contributed by atoms with Gasteiger partial charge >= 0.3 is 6.18 Å². The maximum absolute atomic E-state index is 13.1. The summed E-state index contributed by atoms with van der Waals surface area (Å²) < 4.78 is 39.3. The molecule has 0 radical (unpaired) electrons. The van der Waals surface area contributed by atoms with Crippen LogP contribution in [0.2, 0.25) is 0 Å². The second kappa shape index (κ2) is 5.85. The first-order valence-electron chi connectivity index (χ1n) is 6.50. The molecule has 1 N–H and O–H groups in total. The number of benzene rings is 1. The number of likely N-dealkylation sites (tertiary alicyclic amines) is 1. The average molecular weight is 322 g/mol. The van der Waals surface area contributed by atoms with Crippen molar-refractivity contribution in [1.82, 2.24) is 4.90 Å². The van der Waals surface area contributed by atoms with Crippen LogP contribution in [0, 0.1) is 0 Å². The van der Waals surface area contributed by atoms with E-state index in [1.165, 1.54) is 30.0 Å². The van der Waals surface area contributed by atoms with Gasteiger partial charge in [-0.2, -0.15) is 13.2 Å². The number of carbonyl (C=O) groups excluding carboxylic acids is 1. The van der Waals surface area contributed by atoms with Crippen molar-refractivity contribution in [3.8, 4) is 0 Å². The SMILES string of the molecule is CC(Cl)C(=O)N1CC(O)CC1c1ccccc1C(F)(F)F. The van der Waals surface area contributed by atoms with E-state index in [2.05, 4.69) is 0 Å². The fourth-order valence-electron chi connectivity index (χ4n) is 2.63. The van der Waals surface area contributed by atoms with Gasteiger partial charge in [0.2, 0.25) is 5.91 Å². The van der Waals surface area contributed by atoms with Crippen molar-refractivity contribution in [2.45, 2.75) is 37.0 Å². The fraction of sp³-hybridized carbons (Fsp3) is 0.500. The minimum Gasteiger partial charge on any atom is -0.391 e. The number of β-amino-alcohol motifs (C(OH)–C–C–N with tert-alkyl or cyclic N) is 1. The molecule has 7 heteroatoms. The molecule has 0 bridgehead atoms. The van der Waals surface area contributed by atoms with Crippen LogP contribution in [-0.4, -0.2) is 33.9 Å². The van der Waals surface area contributed by atoms with E-state index in [1.807, 2.05) is 0 Å². The van der Waals surface area contributed by atoms with Gasteiger partial charge in [0.05, 0.1) is 17.7 Å². The summed E-state index contributed by atoms with van der Waals surface area (Å²) in [4.78, 5) is 13.3. The minimum atomic E-state index is -4.51. The molecule has 0 spiro atoms. The first-order chi connectivity index (χ1) is 9.71. The van der Waals surface area contributed by atoms with E-state index in [0.717, 1.165) is 6.07 Å². The van der Waals surface area contributed by atoms with Crippen molar-refractivity contribution >= 4 is 17.5 Å². The van der Waals surface area contributed by atoms with E-state index >= 15 is 0 Å². The van der Waals surface area contributed by atoms with Crippen LogP contribution in [0.25, 0.3) is 0 Å². The molecular weight excluding hydrogens is 307 g/mol. The summed E-state index contributed by atoms with van der Waals surface area (Å²) in [7, 11) is 0. The summed E-state index contributed by atoms with van der Waals surface area (Å²) in [5, 5.41) is 8.89. The number of nitrogens with zero attached hydrogens (tertiary/aromatic N) is 1. The Morgan fingerprint density at radius 2 is 2.05 bits per heavy atom. The van der Waals surface area contributed by atoms with E-state index in [4.69, 9.17) is 11.6 Å². The Hall–Kier alpha value is -1.27. The van der Waals surface area contributed by atoms with Crippen molar-refractivity contribution in [3.05, 3.63) is 35.4 Å². The van der Waals surface area contributed by atoms with Crippen LogP contribution in [0.1, 0.15) is 30.5 Å². The molecule has 3 atom stereocenters. The molecule has 1 aliphatic rings. The number of carbonyl (C=O) groups is 1. The predicted octanol–water partition coefficient (Wildman–Crippen LogP) is 2.97. The molecule has 0 aromatic heterocycles. The molecule has 1 fully saturated rings. The number of rotatable bonds is 2. The highest BCUT2D eigenvalue weighted by Crippen LogP contribution is 2.40. The number of halogens is 4. The summed E-state index contributed by atoms with van der Waals surface area (Å²) in [6.07, 6.45) is -5.29. The molecule has 1 amide bonds. The molecule has 1 aromatic rings. The molecule has 2 rings (SSSR count). The lowest BCUT2D eigenvalue weighted by molar-refractivity contribution is -0.140. The lowest BCUT2D eigenvalue weighted by Gasteiger charge is -2.27. The van der Waals surface area contributed by atoms with Gasteiger partial charge in [0.1, 0.15) is 5.38 Å². The third kappa shape index (κ3) is 3.32. The number of aliphatic hydroxyl groups is 1. The van der Waals surface area contributed by atoms with Gasteiger partial charge < -0.3 is 10.0 Å². The number of aliphatic hydroxyl groups excluding tert-OH is 1. The van der Waals surface area contributed by atoms with Gasteiger partial charge in [-0.3, -0.25) is 4.79 Å². The van der Waals surface area contributed by atoms with Crippen molar-refractivity contribution in [1.29, 1.82) is 0 Å². The van der Waals surface area contributed by atoms with Crippen molar-refractivity contribution < 1.29 is 23.1 Å². The van der Waals surface area contributed by atoms with Crippen LogP contribution >= 0.6 is 11.6 Å². The third-order valence-corrected chi connectivity index (χ3v) is 3.71. The maximum atomic E-state index is 13.1. The molecule has 1 saturated heterocycles. The smallest absolute Gasteiger partial charge is 0.391 e. The Morgan fingerprint density at radius 1 is 1.43 bits per heavy atom. The molecule has 1 aliphatic heterocycles. The van der Waals surface area contributed by atoms with Gasteiger partial charge in [0.15, 0.2) is 0 Å². The highest BCUT2D eigenvalue weighted by molar-refractivity contribution is 6.30. The molecule has 21 heavy (non-hydrogen) atoms. The van der Waals surface area contributed by atoms with E-state index in [-0.39, 0.29) is 18.5 Å². The van der Waals surface area contributed by atoms with Crippen molar-refractivity contribution in [2.24, 2.45) is 0 Å². The normalized spacial score (nSPS) is 24.2. The lowest BCUT2D eigenvalue weighted by atomic mass is 9.97. The van der Waals surface area contributed by atoms with Crippen LogP contribution in [0.3, 0.4) is 0 Å². The van der Waals surface area contributed by atoms with Gasteiger partial charge in [0, 0.05) is 6.54 Å². The predicted molar refractivity (Wildman–Crippen MR) is 71.8 cm³/mol. The average Bonchev–Trinajstić information content (AvgIpc) is 2.78. The Kier molecular flexibility index (Phi) is 4.49. The fourth-order valence-corrected chi connectivity index (χ4v) is 2.75. The van der Waals surface area contributed by atoms with Gasteiger partial charge in [-0.15, -0.1) is 11.6 Å². The Labute approximate surface area is 125 Å². The topological polar surface area (TPSA) is 40.5 Å². The molecule has 3 nitrogen and oxygen atoms in total. The number of hydrogen-bond donors (Lipinski definition) is 1. The maximum Gasteiger partial charge on any atom is 0.416 e. The largest absolute Gasteiger partial charge is 0.416 e. The quantitative estimate of drug-likeness (QED) is 0.851. The first-order valence-corrected chi connectivity index (χ1v) is 6.94. The highest BCUT2D eigenvalue weighted by Gasteiger charge is 2.41. The Bertz CT molecular complexity index is 533. The molecule has 1 aromatic carbocycles. The summed E-state index contributed by atoms with van der Waals surface area (Å²) in [5.41, 5.74) is -0.795. The first kappa shape index (κ1) is 16.1. The Balaban J connectivity index is 2.42. The summed E-state index contributed by atoms with van der Waals surface area (Å²) in [6, 6.07) is 4.29. The van der Waals surface area contributed by atoms with Crippen LogP contribution in [0.15, 0.2) is 24.3 Å². The molecule has 0 saturated carbocycles. The second-order valence-corrected chi connectivity index (χ2v) is 5.75. The molecular formula is C14H15ClF3NO2. The zero-order valence-electron chi connectivity index (χ0n) is 11.3. The molecule has 0 aliphatic carbocycles. The standard InChI is InChI=1S/C14H15ClF3NO2/c1-8(15)13(21)19-7-9(20)6-12(19)10-4-2-3-5-11(10)14(16,17)18/h2-5,8-9,12,20H,6-7H2,1H3. The lowest BCUT2D eigenvalue weighted by Crippen LogP contribution is -2.36. The summed E-state index contributed by atoms with van der Waals surface area (Å²) in [6.45, 7) is 1.45. The molecule has 1 heterocycles. The summed E-state index contributed by atoms with van der Waals surface area (Å²) in [5.74, 6) is -0.477. The summed E-state index contributed by atoms with van der Waals surface area (Å²) >= 11 is 5.74. The van der Waals surface area contributed by atoms with E-state index < -0.39 is 35.2 Å². The highest BCUT2D eigenvalue weighted by atomic mass is 35.5. The molecule has 3 unspecified atom stereocenters. The number of amides is 1. The Morgan fingerprint density at radius 3 is 2.62 bits per heavy atom. The monoisotopic (exact) mass is 321 g/mol. The zero-order valence-corrected chi connectivity index (χ0v) is 12.0. The van der Waals surface area contributed by atoms with Crippen molar-refractivity contribution in [3.63, 3.8) is 0 Å². The van der Waals surface area contributed by atoms with Gasteiger partial charge in [-0.1, -0.05) is 18.2 Å². The number of alkyl halides is 4. The van der Waals surface area contributed by atoms with Crippen LogP contribution < -0.4 is 0 Å². The van der Waals surface area contributed by atoms with E-state index in [0.29, 0.717) is 0 Å². The van der Waals surface area contributed by atoms with Gasteiger partial charge in [-0.05, 0) is 25.0 Å². The zero-order chi connectivity index (χ0) is 15.8. The number of hydrogen-bond acceptors (Lipinski definition) is 2. The van der Waals surface area contributed by atoms with Gasteiger partial charge in [0.25, 0.3) is 0 Å². The van der Waals surface area contributed by atoms with E-state index in [1.54, 1.807) is 0 Å². The van der Waals surface area contributed by atoms with E-state index in [9.17, 15) is 23.1 Å². The van der Waals surface area contributed by atoms with Crippen LogP contribution in [0.5, 0.6) is 0 Å². The molecule has 116 valence electrons. The van der Waals surface area contributed by atoms with Gasteiger partial charge in [-0.25, -0.2) is 0 Å². The van der Waals surface area contributed by atoms with Crippen LogP contribution in [0.4, 0.5) is 13.2 Å². The van der Waals surface area contributed by atoms with Crippen LogP contribution in [-0.2, 0) is 11.0 Å². The third-order valence-electron chi connectivity index (χ3n) is 3.53.